The van der Waals surface area contributed by atoms with E-state index < -0.39 is 0 Å². The van der Waals surface area contributed by atoms with Crippen LogP contribution in [0.4, 0.5) is 0 Å². The molecule has 0 atom stereocenters. The van der Waals surface area contributed by atoms with E-state index in [9.17, 15) is 0 Å². The molecule has 0 aliphatic heterocycles. The molecule has 0 saturated carbocycles. The van der Waals surface area contributed by atoms with Gasteiger partial charge in [0.1, 0.15) is 5.75 Å². The van der Waals surface area contributed by atoms with Gasteiger partial charge in [-0.2, -0.15) is 0 Å². The van der Waals surface area contributed by atoms with Crippen molar-refractivity contribution in [3.63, 3.8) is 0 Å². The highest BCUT2D eigenvalue weighted by atomic mass is 33.1. The van der Waals surface area contributed by atoms with E-state index in [2.05, 4.69) is 37.6 Å². The molecule has 1 aromatic rings. The van der Waals surface area contributed by atoms with E-state index in [1.54, 1.807) is 0 Å². The van der Waals surface area contributed by atoms with Crippen molar-refractivity contribution < 1.29 is 4.74 Å². The van der Waals surface area contributed by atoms with Gasteiger partial charge < -0.3 is 4.74 Å². The first-order valence-corrected chi connectivity index (χ1v) is 6.50. The molecule has 0 unspecified atom stereocenters. The highest BCUT2D eigenvalue weighted by Gasteiger charge is 2.07. The molecule has 1 rings (SSSR count). The summed E-state index contributed by atoms with van der Waals surface area (Å²) in [6, 6.07) is 4.20. The van der Waals surface area contributed by atoms with Gasteiger partial charge >= 0.3 is 0 Å². The van der Waals surface area contributed by atoms with E-state index in [4.69, 9.17) is 4.74 Å². The molecule has 0 amide bonds. The minimum Gasteiger partial charge on any atom is -0.490 e. The van der Waals surface area contributed by atoms with Crippen molar-refractivity contribution in [2.45, 2.75) is 38.7 Å². The fraction of sp³-hybridized carbons (Fsp3) is 0.455. The quantitative estimate of drug-likeness (QED) is 0.618. The van der Waals surface area contributed by atoms with Crippen LogP contribution in [-0.4, -0.2) is 6.10 Å². The zero-order chi connectivity index (χ0) is 10.7. The van der Waals surface area contributed by atoms with Crippen molar-refractivity contribution in [3.05, 3.63) is 23.3 Å². The third-order valence-corrected chi connectivity index (χ3v) is 2.97. The van der Waals surface area contributed by atoms with Gasteiger partial charge in [-0.1, -0.05) is 10.8 Å². The summed E-state index contributed by atoms with van der Waals surface area (Å²) in [5.41, 5.74) is 2.35. The minimum atomic E-state index is 0.224. The van der Waals surface area contributed by atoms with Gasteiger partial charge in [0.05, 0.1) is 6.10 Å². The second-order valence-corrected chi connectivity index (χ2v) is 4.85. The summed E-state index contributed by atoms with van der Waals surface area (Å²) in [6.07, 6.45) is 0.224. The Balaban J connectivity index is 3.05. The molecule has 0 bridgehead atoms. The van der Waals surface area contributed by atoms with Crippen LogP contribution in [0.15, 0.2) is 17.0 Å². The minimum absolute atomic E-state index is 0.224. The molecule has 3 heteroatoms. The maximum absolute atomic E-state index is 5.74. The predicted molar refractivity (Wildman–Crippen MR) is 66.5 cm³/mol. The normalized spacial score (nSPS) is 10.7. The van der Waals surface area contributed by atoms with E-state index in [0.29, 0.717) is 0 Å². The summed E-state index contributed by atoms with van der Waals surface area (Å²) in [5, 5.41) is 0. The standard InChI is InChI=1S/C11H16OS2/c1-7(2)12-11-8(3)5-10(14-13)6-9(11)4/h5-7,13H,1-4H3. The van der Waals surface area contributed by atoms with Gasteiger partial charge in [0.15, 0.2) is 0 Å². The molecule has 0 saturated heterocycles. The lowest BCUT2D eigenvalue weighted by atomic mass is 10.1. The van der Waals surface area contributed by atoms with Crippen LogP contribution in [0.5, 0.6) is 5.75 Å². The molecular formula is C11H16OS2. The fourth-order valence-electron chi connectivity index (χ4n) is 1.38. The number of benzene rings is 1. The summed E-state index contributed by atoms with van der Waals surface area (Å²) in [7, 11) is 1.46. The Morgan fingerprint density at radius 2 is 1.71 bits per heavy atom. The number of aryl methyl sites for hydroxylation is 2. The second-order valence-electron chi connectivity index (χ2n) is 3.64. The van der Waals surface area contributed by atoms with Crippen LogP contribution >= 0.6 is 22.5 Å². The van der Waals surface area contributed by atoms with Gasteiger partial charge in [-0.25, -0.2) is 0 Å². The monoisotopic (exact) mass is 228 g/mol. The molecule has 0 fully saturated rings. The number of rotatable bonds is 3. The molecule has 1 nitrogen and oxygen atoms in total. The van der Waals surface area contributed by atoms with Gasteiger partial charge in [0, 0.05) is 4.90 Å². The zero-order valence-corrected chi connectivity index (χ0v) is 10.7. The van der Waals surface area contributed by atoms with Crippen LogP contribution in [0.3, 0.4) is 0 Å². The molecule has 78 valence electrons. The SMILES string of the molecule is Cc1cc(SS)cc(C)c1OC(C)C. The van der Waals surface area contributed by atoms with Gasteiger partial charge in [0.2, 0.25) is 0 Å². The Morgan fingerprint density at radius 1 is 1.21 bits per heavy atom. The highest BCUT2D eigenvalue weighted by Crippen LogP contribution is 2.31. The molecule has 0 aliphatic carbocycles. The fourth-order valence-corrected chi connectivity index (χ4v) is 2.16. The molecule has 1 aromatic carbocycles. The van der Waals surface area contributed by atoms with Crippen molar-refractivity contribution >= 4 is 22.5 Å². The molecule has 0 spiro atoms. The topological polar surface area (TPSA) is 9.23 Å². The van der Waals surface area contributed by atoms with Crippen LogP contribution < -0.4 is 4.74 Å². The Kier molecular flexibility index (Phi) is 4.20. The van der Waals surface area contributed by atoms with E-state index >= 15 is 0 Å². The highest BCUT2D eigenvalue weighted by molar-refractivity contribution is 8.68. The van der Waals surface area contributed by atoms with Crippen LogP contribution in [-0.2, 0) is 0 Å². The first kappa shape index (κ1) is 11.8. The summed E-state index contributed by atoms with van der Waals surface area (Å²) in [4.78, 5) is 1.17. The van der Waals surface area contributed by atoms with Crippen LogP contribution in [0, 0.1) is 13.8 Å². The lowest BCUT2D eigenvalue weighted by Gasteiger charge is -2.15. The lowest BCUT2D eigenvalue weighted by molar-refractivity contribution is 0.239. The number of thiol groups is 1. The van der Waals surface area contributed by atoms with Gasteiger partial charge in [0.25, 0.3) is 0 Å². The molecule has 0 aromatic heterocycles. The van der Waals surface area contributed by atoms with E-state index in [1.165, 1.54) is 26.8 Å². The molecule has 0 aliphatic rings. The number of hydrogen-bond acceptors (Lipinski definition) is 3. The molecule has 0 radical (unpaired) electrons. The number of hydrogen-bond donors (Lipinski definition) is 1. The summed E-state index contributed by atoms with van der Waals surface area (Å²) in [5.74, 6) is 1.01. The maximum Gasteiger partial charge on any atom is 0.125 e. The Morgan fingerprint density at radius 3 is 2.07 bits per heavy atom. The van der Waals surface area contributed by atoms with E-state index in [0.717, 1.165) is 5.75 Å². The van der Waals surface area contributed by atoms with Crippen LogP contribution in [0.1, 0.15) is 25.0 Å². The largest absolute Gasteiger partial charge is 0.490 e. The third-order valence-electron chi connectivity index (χ3n) is 1.89. The predicted octanol–water partition coefficient (Wildman–Crippen LogP) is 4.03. The van der Waals surface area contributed by atoms with Crippen molar-refractivity contribution in [1.82, 2.24) is 0 Å². The van der Waals surface area contributed by atoms with Crippen molar-refractivity contribution in [1.29, 1.82) is 0 Å². The summed E-state index contributed by atoms with van der Waals surface area (Å²) >= 11 is 4.18. The van der Waals surface area contributed by atoms with Crippen molar-refractivity contribution in [2.24, 2.45) is 0 Å². The average Bonchev–Trinajstić information content (AvgIpc) is 2.10. The first-order valence-electron chi connectivity index (χ1n) is 4.64. The Hall–Kier alpha value is -0.280. The molecular weight excluding hydrogens is 212 g/mol. The number of ether oxygens (including phenoxy) is 1. The van der Waals surface area contributed by atoms with E-state index in [1.807, 2.05) is 13.8 Å². The Bertz CT molecular complexity index is 298. The lowest BCUT2D eigenvalue weighted by Crippen LogP contribution is -2.07. The molecule has 0 heterocycles. The third kappa shape index (κ3) is 2.85. The van der Waals surface area contributed by atoms with Gasteiger partial charge in [-0.3, -0.25) is 0 Å². The summed E-state index contributed by atoms with van der Waals surface area (Å²) < 4.78 is 5.74. The Labute approximate surface area is 95.0 Å². The summed E-state index contributed by atoms with van der Waals surface area (Å²) in [6.45, 7) is 8.22. The van der Waals surface area contributed by atoms with Crippen LogP contribution in [0.2, 0.25) is 0 Å². The second kappa shape index (κ2) is 4.99. The van der Waals surface area contributed by atoms with Gasteiger partial charge in [-0.15, -0.1) is 11.7 Å². The maximum atomic E-state index is 5.74. The van der Waals surface area contributed by atoms with Crippen molar-refractivity contribution in [2.75, 3.05) is 0 Å². The first-order chi connectivity index (χ1) is 6.54. The van der Waals surface area contributed by atoms with Crippen LogP contribution in [0.25, 0.3) is 0 Å². The van der Waals surface area contributed by atoms with Crippen molar-refractivity contribution in [3.8, 4) is 5.75 Å². The average molecular weight is 228 g/mol. The van der Waals surface area contributed by atoms with Gasteiger partial charge in [-0.05, 0) is 51.0 Å². The molecule has 14 heavy (non-hydrogen) atoms. The smallest absolute Gasteiger partial charge is 0.125 e. The van der Waals surface area contributed by atoms with E-state index in [-0.39, 0.29) is 6.10 Å². The molecule has 0 N–H and O–H groups in total. The zero-order valence-electron chi connectivity index (χ0n) is 9.00.